The molecule has 0 saturated carbocycles. The van der Waals surface area contributed by atoms with Crippen molar-refractivity contribution in [3.8, 4) is 5.75 Å². The van der Waals surface area contributed by atoms with E-state index in [9.17, 15) is 4.79 Å². The lowest BCUT2D eigenvalue weighted by molar-refractivity contribution is -0.144. The Hall–Kier alpha value is -1.62. The van der Waals surface area contributed by atoms with Crippen molar-refractivity contribution < 1.29 is 14.3 Å². The maximum absolute atomic E-state index is 11.3. The number of hydrogen-bond acceptors (Lipinski definition) is 5. The second kappa shape index (κ2) is 6.07. The highest BCUT2D eigenvalue weighted by Gasteiger charge is 2.15. The van der Waals surface area contributed by atoms with Crippen LogP contribution in [0.1, 0.15) is 12.6 Å². The topological polar surface area (TPSA) is 74.4 Å². The predicted molar refractivity (Wildman–Crippen MR) is 59.1 cm³/mol. The summed E-state index contributed by atoms with van der Waals surface area (Å²) in [5.74, 6) is 0.272. The number of ether oxygens (including phenoxy) is 2. The number of pyridine rings is 1. The molecular weight excluding hydrogens is 208 g/mol. The third-order valence-electron chi connectivity index (χ3n) is 2.05. The van der Waals surface area contributed by atoms with Gasteiger partial charge in [-0.25, -0.2) is 0 Å². The highest BCUT2D eigenvalue weighted by atomic mass is 16.5. The molecule has 16 heavy (non-hydrogen) atoms. The van der Waals surface area contributed by atoms with Crippen LogP contribution >= 0.6 is 0 Å². The minimum absolute atomic E-state index is 0.336. The minimum Gasteiger partial charge on any atom is -0.495 e. The smallest absolute Gasteiger partial charge is 0.323 e. The number of methoxy groups -OCH3 is 1. The van der Waals surface area contributed by atoms with Gasteiger partial charge in [0, 0.05) is 12.1 Å². The quantitative estimate of drug-likeness (QED) is 0.738. The summed E-state index contributed by atoms with van der Waals surface area (Å²) in [6.45, 7) is 2.08. The van der Waals surface area contributed by atoms with E-state index in [1.807, 2.05) is 0 Å². The van der Waals surface area contributed by atoms with Gasteiger partial charge in [-0.05, 0) is 19.1 Å². The molecule has 1 aromatic rings. The summed E-state index contributed by atoms with van der Waals surface area (Å²) < 4.78 is 9.78. The summed E-state index contributed by atoms with van der Waals surface area (Å²) in [6.07, 6.45) is 1.95. The zero-order chi connectivity index (χ0) is 12.0. The highest BCUT2D eigenvalue weighted by molar-refractivity contribution is 5.75. The van der Waals surface area contributed by atoms with Crippen molar-refractivity contribution in [2.24, 2.45) is 5.73 Å². The van der Waals surface area contributed by atoms with E-state index in [4.69, 9.17) is 15.2 Å². The number of hydrogen-bond donors (Lipinski definition) is 1. The van der Waals surface area contributed by atoms with Crippen molar-refractivity contribution in [1.29, 1.82) is 0 Å². The molecule has 0 bridgehead atoms. The molecule has 1 heterocycles. The Kier molecular flexibility index (Phi) is 4.72. The second-order valence-electron chi connectivity index (χ2n) is 3.25. The lowest BCUT2D eigenvalue weighted by atomic mass is 10.1. The molecule has 0 radical (unpaired) electrons. The Morgan fingerprint density at radius 2 is 2.31 bits per heavy atom. The number of nitrogens with two attached hydrogens (primary N) is 1. The van der Waals surface area contributed by atoms with Crippen molar-refractivity contribution >= 4 is 5.97 Å². The van der Waals surface area contributed by atoms with Crippen LogP contribution in [0.2, 0.25) is 0 Å². The Morgan fingerprint density at radius 3 is 2.81 bits per heavy atom. The van der Waals surface area contributed by atoms with Gasteiger partial charge in [-0.2, -0.15) is 0 Å². The number of carbonyl (C=O) groups excluding carboxylic acids is 1. The van der Waals surface area contributed by atoms with E-state index in [0.717, 1.165) is 5.69 Å². The molecule has 0 aliphatic heterocycles. The van der Waals surface area contributed by atoms with Crippen LogP contribution < -0.4 is 10.5 Å². The van der Waals surface area contributed by atoms with Gasteiger partial charge in [-0.1, -0.05) is 0 Å². The first kappa shape index (κ1) is 12.4. The first-order chi connectivity index (χ1) is 7.67. The van der Waals surface area contributed by atoms with Crippen molar-refractivity contribution in [2.45, 2.75) is 19.4 Å². The Labute approximate surface area is 94.6 Å². The maximum Gasteiger partial charge on any atom is 0.323 e. The van der Waals surface area contributed by atoms with Gasteiger partial charge in [0.15, 0.2) is 0 Å². The zero-order valence-corrected chi connectivity index (χ0v) is 9.47. The molecule has 0 fully saturated rings. The Morgan fingerprint density at radius 1 is 1.56 bits per heavy atom. The van der Waals surface area contributed by atoms with Gasteiger partial charge < -0.3 is 15.2 Å². The van der Waals surface area contributed by atoms with Crippen LogP contribution in [0.5, 0.6) is 5.75 Å². The first-order valence-corrected chi connectivity index (χ1v) is 5.08. The van der Waals surface area contributed by atoms with Crippen LogP contribution in [-0.4, -0.2) is 30.7 Å². The zero-order valence-electron chi connectivity index (χ0n) is 9.47. The van der Waals surface area contributed by atoms with Crippen molar-refractivity contribution in [2.75, 3.05) is 13.7 Å². The number of carbonyl (C=O) groups is 1. The van der Waals surface area contributed by atoms with Gasteiger partial charge in [0.25, 0.3) is 0 Å². The molecule has 0 aliphatic rings. The number of aromatic nitrogens is 1. The summed E-state index contributed by atoms with van der Waals surface area (Å²) >= 11 is 0. The van der Waals surface area contributed by atoms with Crippen LogP contribution in [0.25, 0.3) is 0 Å². The van der Waals surface area contributed by atoms with Crippen LogP contribution in [0.15, 0.2) is 18.3 Å². The molecule has 0 amide bonds. The fourth-order valence-electron chi connectivity index (χ4n) is 1.21. The second-order valence-corrected chi connectivity index (χ2v) is 3.25. The van der Waals surface area contributed by atoms with Gasteiger partial charge >= 0.3 is 5.97 Å². The highest BCUT2D eigenvalue weighted by Crippen LogP contribution is 2.09. The lowest BCUT2D eigenvalue weighted by Gasteiger charge is -2.09. The molecule has 1 atom stereocenters. The van der Waals surface area contributed by atoms with Crippen LogP contribution in [0.4, 0.5) is 0 Å². The number of esters is 1. The van der Waals surface area contributed by atoms with E-state index in [1.165, 1.54) is 0 Å². The SMILES string of the molecule is CCOC(=O)C(N)Cc1ccc(OC)cn1. The van der Waals surface area contributed by atoms with Gasteiger partial charge in [0.1, 0.15) is 11.8 Å². The van der Waals surface area contributed by atoms with Gasteiger partial charge in [-0.3, -0.25) is 9.78 Å². The normalized spacial score (nSPS) is 11.9. The van der Waals surface area contributed by atoms with Crippen molar-refractivity contribution in [3.05, 3.63) is 24.0 Å². The molecule has 2 N–H and O–H groups in total. The molecule has 1 rings (SSSR count). The molecular formula is C11H16N2O3. The maximum atomic E-state index is 11.3. The molecule has 1 unspecified atom stereocenters. The summed E-state index contributed by atoms with van der Waals surface area (Å²) in [6, 6.07) is 2.89. The standard InChI is InChI=1S/C11H16N2O3/c1-3-16-11(14)10(12)6-8-4-5-9(15-2)7-13-8/h4-5,7,10H,3,6,12H2,1-2H3. The van der Waals surface area contributed by atoms with Crippen molar-refractivity contribution in [3.63, 3.8) is 0 Å². The monoisotopic (exact) mass is 224 g/mol. The third-order valence-corrected chi connectivity index (χ3v) is 2.05. The van der Waals surface area contributed by atoms with Gasteiger partial charge in [0.05, 0.1) is 19.9 Å². The molecule has 0 spiro atoms. The van der Waals surface area contributed by atoms with Crippen LogP contribution in [0.3, 0.4) is 0 Å². The Bertz CT molecular complexity index is 338. The molecule has 0 saturated heterocycles. The minimum atomic E-state index is -0.666. The largest absolute Gasteiger partial charge is 0.495 e. The summed E-state index contributed by atoms with van der Waals surface area (Å²) in [7, 11) is 1.57. The fraction of sp³-hybridized carbons (Fsp3) is 0.455. The molecule has 5 nitrogen and oxygen atoms in total. The summed E-state index contributed by atoms with van der Waals surface area (Å²) in [5.41, 5.74) is 6.40. The van der Waals surface area contributed by atoms with E-state index in [0.29, 0.717) is 18.8 Å². The predicted octanol–water partition coefficient (Wildman–Crippen LogP) is 0.523. The van der Waals surface area contributed by atoms with Gasteiger partial charge in [0.2, 0.25) is 0 Å². The third kappa shape index (κ3) is 3.51. The van der Waals surface area contributed by atoms with Crippen LogP contribution in [-0.2, 0) is 16.0 Å². The van der Waals surface area contributed by atoms with E-state index in [-0.39, 0.29) is 0 Å². The molecule has 88 valence electrons. The average molecular weight is 224 g/mol. The molecule has 0 aliphatic carbocycles. The van der Waals surface area contributed by atoms with E-state index in [2.05, 4.69) is 4.98 Å². The molecule has 5 heteroatoms. The summed E-state index contributed by atoms with van der Waals surface area (Å²) in [4.78, 5) is 15.4. The van der Waals surface area contributed by atoms with E-state index in [1.54, 1.807) is 32.4 Å². The fourth-order valence-corrected chi connectivity index (χ4v) is 1.21. The van der Waals surface area contributed by atoms with Gasteiger partial charge in [-0.15, -0.1) is 0 Å². The Balaban J connectivity index is 2.55. The van der Waals surface area contributed by atoms with Crippen LogP contribution in [0, 0.1) is 0 Å². The molecule has 0 aromatic carbocycles. The number of nitrogens with zero attached hydrogens (tertiary/aromatic N) is 1. The average Bonchev–Trinajstić information content (AvgIpc) is 2.30. The number of rotatable bonds is 5. The van der Waals surface area contributed by atoms with E-state index < -0.39 is 12.0 Å². The van der Waals surface area contributed by atoms with E-state index >= 15 is 0 Å². The lowest BCUT2D eigenvalue weighted by Crippen LogP contribution is -2.34. The summed E-state index contributed by atoms with van der Waals surface area (Å²) in [5, 5.41) is 0. The van der Waals surface area contributed by atoms with Crippen molar-refractivity contribution in [1.82, 2.24) is 4.98 Å². The first-order valence-electron chi connectivity index (χ1n) is 5.08. The molecule has 1 aromatic heterocycles.